The van der Waals surface area contributed by atoms with Crippen LogP contribution in [-0.2, 0) is 4.79 Å². The average molecular weight is 188 g/mol. The first kappa shape index (κ1) is 10.4. The Morgan fingerprint density at radius 1 is 1.77 bits per heavy atom. The van der Waals surface area contributed by atoms with Crippen molar-refractivity contribution < 1.29 is 15.0 Å². The van der Waals surface area contributed by atoms with E-state index in [1.165, 1.54) is 7.05 Å². The first-order valence-corrected chi connectivity index (χ1v) is 4.43. The van der Waals surface area contributed by atoms with Crippen LogP contribution in [0.25, 0.3) is 0 Å². The van der Waals surface area contributed by atoms with Crippen molar-refractivity contribution in [2.75, 3.05) is 13.6 Å². The Kier molecular flexibility index (Phi) is 3.65. The number of hydrogen-bond acceptors (Lipinski definition) is 4. The van der Waals surface area contributed by atoms with Crippen LogP contribution in [0.4, 0.5) is 0 Å². The number of amides is 1. The van der Waals surface area contributed by atoms with E-state index < -0.39 is 12.2 Å². The van der Waals surface area contributed by atoms with Gasteiger partial charge < -0.3 is 20.8 Å². The molecule has 0 aromatic rings. The molecule has 1 heterocycles. The van der Waals surface area contributed by atoms with E-state index in [2.05, 4.69) is 10.6 Å². The summed E-state index contributed by atoms with van der Waals surface area (Å²) in [6.07, 6.45) is -0.514. The van der Waals surface area contributed by atoms with Crippen molar-refractivity contribution in [1.82, 2.24) is 10.6 Å². The summed E-state index contributed by atoms with van der Waals surface area (Å²) in [6.45, 7) is 0.496. The van der Waals surface area contributed by atoms with Gasteiger partial charge >= 0.3 is 0 Å². The van der Waals surface area contributed by atoms with Gasteiger partial charge in [-0.25, -0.2) is 0 Å². The van der Waals surface area contributed by atoms with Gasteiger partial charge in [-0.15, -0.1) is 0 Å². The second-order valence-corrected chi connectivity index (χ2v) is 3.35. The van der Waals surface area contributed by atoms with Crippen LogP contribution in [0.1, 0.15) is 12.8 Å². The molecule has 1 saturated heterocycles. The molecular formula is C8H16N2O3. The minimum atomic E-state index is -0.711. The van der Waals surface area contributed by atoms with Crippen molar-refractivity contribution in [1.29, 1.82) is 0 Å². The van der Waals surface area contributed by atoms with Crippen molar-refractivity contribution in [3.63, 3.8) is 0 Å². The molecule has 0 unspecified atom stereocenters. The Labute approximate surface area is 77.1 Å². The Bertz CT molecular complexity index is 186. The lowest BCUT2D eigenvalue weighted by Crippen LogP contribution is -2.38. The monoisotopic (exact) mass is 188 g/mol. The number of nitrogens with one attached hydrogen (secondary N) is 2. The standard InChI is InChI=1S/C8H16N2O3/c1-9-8(13)3-7(12)6-2-5(11)4-10-6/h5-7,10-12H,2-4H2,1H3,(H,9,13)/t5-,6+,7-/m1/s1. The smallest absolute Gasteiger partial charge is 0.222 e. The molecule has 0 aromatic carbocycles. The lowest BCUT2D eigenvalue weighted by molar-refractivity contribution is -0.122. The number of rotatable bonds is 3. The van der Waals surface area contributed by atoms with Crippen LogP contribution in [0.3, 0.4) is 0 Å². The van der Waals surface area contributed by atoms with E-state index in [1.54, 1.807) is 0 Å². The van der Waals surface area contributed by atoms with Gasteiger partial charge in [0, 0.05) is 19.6 Å². The molecule has 4 N–H and O–H groups in total. The Morgan fingerprint density at radius 3 is 2.92 bits per heavy atom. The minimum Gasteiger partial charge on any atom is -0.392 e. The molecule has 5 nitrogen and oxygen atoms in total. The van der Waals surface area contributed by atoms with Crippen LogP contribution in [0.15, 0.2) is 0 Å². The molecule has 1 amide bonds. The maximum Gasteiger partial charge on any atom is 0.222 e. The van der Waals surface area contributed by atoms with E-state index in [4.69, 9.17) is 5.11 Å². The van der Waals surface area contributed by atoms with Crippen molar-refractivity contribution in [3.8, 4) is 0 Å². The molecule has 0 aromatic heterocycles. The van der Waals surface area contributed by atoms with Crippen LogP contribution in [0.2, 0.25) is 0 Å². The van der Waals surface area contributed by atoms with Crippen LogP contribution in [0, 0.1) is 0 Å². The summed E-state index contributed by atoms with van der Waals surface area (Å²) < 4.78 is 0. The summed E-state index contributed by atoms with van der Waals surface area (Å²) in [5.41, 5.74) is 0. The summed E-state index contributed by atoms with van der Waals surface area (Å²) in [5, 5.41) is 24.1. The normalized spacial score (nSPS) is 30.1. The van der Waals surface area contributed by atoms with Gasteiger partial charge in [0.05, 0.1) is 18.6 Å². The third-order valence-corrected chi connectivity index (χ3v) is 2.28. The Hall–Kier alpha value is -0.650. The fourth-order valence-electron chi connectivity index (χ4n) is 1.47. The zero-order valence-electron chi connectivity index (χ0n) is 7.66. The highest BCUT2D eigenvalue weighted by atomic mass is 16.3. The van der Waals surface area contributed by atoms with Gasteiger partial charge in [0.25, 0.3) is 0 Å². The van der Waals surface area contributed by atoms with Gasteiger partial charge in [0.15, 0.2) is 0 Å². The van der Waals surface area contributed by atoms with Crippen LogP contribution >= 0.6 is 0 Å². The van der Waals surface area contributed by atoms with Gasteiger partial charge in [-0.05, 0) is 6.42 Å². The lowest BCUT2D eigenvalue weighted by atomic mass is 10.1. The SMILES string of the molecule is CNC(=O)C[C@@H](O)[C@@H]1C[C@@H](O)CN1. The van der Waals surface area contributed by atoms with Crippen LogP contribution in [-0.4, -0.2) is 48.0 Å². The zero-order chi connectivity index (χ0) is 9.84. The highest BCUT2D eigenvalue weighted by molar-refractivity contribution is 5.76. The fourth-order valence-corrected chi connectivity index (χ4v) is 1.47. The van der Waals surface area contributed by atoms with Gasteiger partial charge in [0.1, 0.15) is 0 Å². The molecule has 76 valence electrons. The lowest BCUT2D eigenvalue weighted by Gasteiger charge is -2.16. The second-order valence-electron chi connectivity index (χ2n) is 3.35. The third-order valence-electron chi connectivity index (χ3n) is 2.28. The highest BCUT2D eigenvalue weighted by Gasteiger charge is 2.29. The quantitative estimate of drug-likeness (QED) is 0.421. The summed E-state index contributed by atoms with van der Waals surface area (Å²) in [4.78, 5) is 10.9. The predicted molar refractivity (Wildman–Crippen MR) is 47.1 cm³/mol. The third kappa shape index (κ3) is 2.95. The van der Waals surface area contributed by atoms with Gasteiger partial charge in [-0.3, -0.25) is 4.79 Å². The van der Waals surface area contributed by atoms with Crippen molar-refractivity contribution in [3.05, 3.63) is 0 Å². The first-order chi connectivity index (χ1) is 6.13. The summed E-state index contributed by atoms with van der Waals surface area (Å²) in [6, 6.07) is -0.160. The molecule has 13 heavy (non-hydrogen) atoms. The maximum absolute atomic E-state index is 10.9. The molecule has 1 aliphatic heterocycles. The molecule has 5 heteroatoms. The molecule has 0 saturated carbocycles. The second kappa shape index (κ2) is 4.55. The number of carbonyl (C=O) groups excluding carboxylic acids is 1. The number of hydrogen-bond donors (Lipinski definition) is 4. The molecule has 3 atom stereocenters. The first-order valence-electron chi connectivity index (χ1n) is 4.43. The Balaban J connectivity index is 2.31. The summed E-state index contributed by atoms with van der Waals surface area (Å²) in [7, 11) is 1.53. The van der Waals surface area contributed by atoms with Crippen LogP contribution < -0.4 is 10.6 Å². The van der Waals surface area contributed by atoms with Crippen molar-refractivity contribution in [2.24, 2.45) is 0 Å². The van der Waals surface area contributed by atoms with Gasteiger partial charge in [0.2, 0.25) is 5.91 Å². The minimum absolute atomic E-state index is 0.0842. The van der Waals surface area contributed by atoms with E-state index in [9.17, 15) is 9.90 Å². The summed E-state index contributed by atoms with van der Waals surface area (Å²) >= 11 is 0. The van der Waals surface area contributed by atoms with Crippen molar-refractivity contribution >= 4 is 5.91 Å². The van der Waals surface area contributed by atoms with E-state index in [0.717, 1.165) is 0 Å². The van der Waals surface area contributed by atoms with E-state index in [-0.39, 0.29) is 18.4 Å². The fraction of sp³-hybridized carbons (Fsp3) is 0.875. The highest BCUT2D eigenvalue weighted by Crippen LogP contribution is 2.12. The molecule has 0 spiro atoms. The molecular weight excluding hydrogens is 172 g/mol. The largest absolute Gasteiger partial charge is 0.392 e. The number of aliphatic hydroxyl groups excluding tert-OH is 2. The maximum atomic E-state index is 10.9. The number of aliphatic hydroxyl groups is 2. The molecule has 1 fully saturated rings. The van der Waals surface area contributed by atoms with E-state index in [1.807, 2.05) is 0 Å². The molecule has 0 radical (unpaired) electrons. The van der Waals surface area contributed by atoms with Crippen molar-refractivity contribution in [2.45, 2.75) is 31.1 Å². The van der Waals surface area contributed by atoms with Crippen LogP contribution in [0.5, 0.6) is 0 Å². The summed E-state index contributed by atoms with van der Waals surface area (Å²) in [5.74, 6) is -0.185. The van der Waals surface area contributed by atoms with Gasteiger partial charge in [-0.1, -0.05) is 0 Å². The van der Waals surface area contributed by atoms with Gasteiger partial charge in [-0.2, -0.15) is 0 Å². The zero-order valence-corrected chi connectivity index (χ0v) is 7.66. The molecule has 0 aliphatic carbocycles. The number of carbonyl (C=O) groups is 1. The topological polar surface area (TPSA) is 81.6 Å². The number of β-amino-alcohol motifs (C(OH)–C–C–N with tert-alkyl or cyclic N) is 1. The molecule has 0 bridgehead atoms. The molecule has 1 aliphatic rings. The van der Waals surface area contributed by atoms with E-state index >= 15 is 0 Å². The van der Waals surface area contributed by atoms with E-state index in [0.29, 0.717) is 13.0 Å². The molecule has 1 rings (SSSR count). The predicted octanol–water partition coefficient (Wildman–Crippen LogP) is -1.79. The average Bonchev–Trinajstić information content (AvgIpc) is 2.51. The Morgan fingerprint density at radius 2 is 2.46 bits per heavy atom.